The maximum atomic E-state index is 12.3. The number of hydrogen-bond acceptors (Lipinski definition) is 5. The van der Waals surface area contributed by atoms with Gasteiger partial charge in [-0.25, -0.2) is 5.43 Å². The molecule has 140 valence electrons. The molecule has 6 nitrogen and oxygen atoms in total. The molecular formula is C21H15BrN2O4. The van der Waals surface area contributed by atoms with Crippen LogP contribution in [-0.4, -0.2) is 19.2 Å². The van der Waals surface area contributed by atoms with Crippen molar-refractivity contribution in [3.63, 3.8) is 0 Å². The number of halogens is 1. The molecule has 0 radical (unpaired) electrons. The van der Waals surface area contributed by atoms with Gasteiger partial charge in [0.1, 0.15) is 11.5 Å². The first-order valence-corrected chi connectivity index (χ1v) is 9.19. The number of benzene rings is 2. The van der Waals surface area contributed by atoms with E-state index >= 15 is 0 Å². The number of hydrogen-bond donors (Lipinski definition) is 1. The number of ether oxygens (including phenoxy) is 1. The number of carbonyl (C=O) groups is 1. The molecule has 1 N–H and O–H groups in total. The normalized spacial score (nSPS) is 11.2. The van der Waals surface area contributed by atoms with E-state index in [4.69, 9.17) is 13.6 Å². The molecule has 4 rings (SSSR count). The molecule has 7 heteroatoms. The van der Waals surface area contributed by atoms with E-state index in [1.165, 1.54) is 6.21 Å². The van der Waals surface area contributed by atoms with Crippen LogP contribution in [0.25, 0.3) is 22.3 Å². The minimum atomic E-state index is -0.464. The van der Waals surface area contributed by atoms with Gasteiger partial charge in [-0.15, -0.1) is 0 Å². The van der Waals surface area contributed by atoms with Crippen molar-refractivity contribution in [2.24, 2.45) is 5.10 Å². The summed E-state index contributed by atoms with van der Waals surface area (Å²) in [5.74, 6) is 1.48. The maximum Gasteiger partial charge on any atom is 0.307 e. The second-order valence-electron chi connectivity index (χ2n) is 5.90. The van der Waals surface area contributed by atoms with Gasteiger partial charge in [0.25, 0.3) is 0 Å². The molecule has 0 spiro atoms. The van der Waals surface area contributed by atoms with E-state index in [-0.39, 0.29) is 5.76 Å². The molecule has 0 aliphatic rings. The summed E-state index contributed by atoms with van der Waals surface area (Å²) in [5, 5.41) is 4.71. The van der Waals surface area contributed by atoms with Gasteiger partial charge in [-0.1, -0.05) is 40.2 Å². The third-order valence-corrected chi connectivity index (χ3v) is 4.59. The Balaban J connectivity index is 1.45. The SMILES string of the molecule is COc1cccc2cc(C(=O)N/N=C\c3ccc(-c4ccc(Br)cc4)o3)oc12. The van der Waals surface area contributed by atoms with Gasteiger partial charge < -0.3 is 13.6 Å². The second kappa shape index (κ2) is 7.74. The Morgan fingerprint density at radius 2 is 1.93 bits per heavy atom. The standard InChI is InChI=1S/C21H15BrN2O4/c1-26-18-4-2-3-14-11-19(28-20(14)18)21(25)24-23-12-16-9-10-17(27-16)13-5-7-15(22)8-6-13/h2-12H,1H3,(H,24,25)/b23-12-. The number of carbonyl (C=O) groups excluding carboxylic acids is 1. The first-order valence-electron chi connectivity index (χ1n) is 8.40. The highest BCUT2D eigenvalue weighted by Gasteiger charge is 2.14. The molecule has 0 aliphatic carbocycles. The first-order chi connectivity index (χ1) is 13.6. The van der Waals surface area contributed by atoms with Crippen molar-refractivity contribution in [3.05, 3.63) is 76.7 Å². The van der Waals surface area contributed by atoms with Crippen LogP contribution in [-0.2, 0) is 0 Å². The van der Waals surface area contributed by atoms with Crippen LogP contribution in [0.3, 0.4) is 0 Å². The van der Waals surface area contributed by atoms with Crippen LogP contribution in [0.1, 0.15) is 16.3 Å². The van der Waals surface area contributed by atoms with Crippen LogP contribution in [0.4, 0.5) is 0 Å². The summed E-state index contributed by atoms with van der Waals surface area (Å²) >= 11 is 3.40. The molecule has 0 aliphatic heterocycles. The summed E-state index contributed by atoms with van der Waals surface area (Å²) in [7, 11) is 1.55. The van der Waals surface area contributed by atoms with Gasteiger partial charge >= 0.3 is 5.91 Å². The summed E-state index contributed by atoms with van der Waals surface area (Å²) in [6, 6.07) is 18.5. The Labute approximate surface area is 168 Å². The number of amides is 1. The van der Waals surface area contributed by atoms with Crippen LogP contribution in [0.5, 0.6) is 5.75 Å². The monoisotopic (exact) mass is 438 g/mol. The lowest BCUT2D eigenvalue weighted by atomic mass is 10.2. The lowest BCUT2D eigenvalue weighted by Gasteiger charge is -1.98. The molecule has 2 heterocycles. The highest BCUT2D eigenvalue weighted by atomic mass is 79.9. The number of nitrogens with one attached hydrogen (secondary N) is 1. The Kier molecular flexibility index (Phi) is 4.99. The molecule has 0 bridgehead atoms. The molecule has 2 aromatic carbocycles. The number of hydrazone groups is 1. The van der Waals surface area contributed by atoms with Crippen LogP contribution in [0.15, 0.2) is 79.1 Å². The lowest BCUT2D eigenvalue weighted by Crippen LogP contribution is -2.16. The molecule has 0 fully saturated rings. The second-order valence-corrected chi connectivity index (χ2v) is 6.81. The van der Waals surface area contributed by atoms with Crippen molar-refractivity contribution < 1.29 is 18.4 Å². The van der Waals surface area contributed by atoms with Gasteiger partial charge in [0.15, 0.2) is 17.1 Å². The molecule has 0 saturated carbocycles. The van der Waals surface area contributed by atoms with E-state index < -0.39 is 5.91 Å². The third-order valence-electron chi connectivity index (χ3n) is 4.07. The van der Waals surface area contributed by atoms with Crippen LogP contribution in [0, 0.1) is 0 Å². The van der Waals surface area contributed by atoms with E-state index in [9.17, 15) is 4.79 Å². The predicted octanol–water partition coefficient (Wildman–Crippen LogP) is 5.23. The van der Waals surface area contributed by atoms with Gasteiger partial charge in [0, 0.05) is 15.4 Å². The largest absolute Gasteiger partial charge is 0.493 e. The summed E-state index contributed by atoms with van der Waals surface area (Å²) in [6.07, 6.45) is 1.43. The highest BCUT2D eigenvalue weighted by molar-refractivity contribution is 9.10. The van der Waals surface area contributed by atoms with Crippen molar-refractivity contribution in [2.45, 2.75) is 0 Å². The van der Waals surface area contributed by atoms with E-state index in [2.05, 4.69) is 26.5 Å². The van der Waals surface area contributed by atoms with Crippen molar-refractivity contribution in [1.29, 1.82) is 0 Å². The van der Waals surface area contributed by atoms with Crippen LogP contribution in [0.2, 0.25) is 0 Å². The molecule has 0 atom stereocenters. The van der Waals surface area contributed by atoms with Gasteiger partial charge in [0.05, 0.1) is 13.3 Å². The molecule has 0 unspecified atom stereocenters. The fraction of sp³-hybridized carbons (Fsp3) is 0.0476. The van der Waals surface area contributed by atoms with Crippen molar-refractivity contribution >= 4 is 39.0 Å². The van der Waals surface area contributed by atoms with Crippen molar-refractivity contribution in [2.75, 3.05) is 7.11 Å². The number of furan rings is 2. The van der Waals surface area contributed by atoms with E-state index in [1.807, 2.05) is 42.5 Å². The zero-order chi connectivity index (χ0) is 19.5. The molecule has 1 amide bonds. The first kappa shape index (κ1) is 18.1. The van der Waals surface area contributed by atoms with Gasteiger partial charge in [-0.2, -0.15) is 5.10 Å². The number of methoxy groups -OCH3 is 1. The van der Waals surface area contributed by atoms with Crippen LogP contribution < -0.4 is 10.2 Å². The number of rotatable bonds is 5. The summed E-state index contributed by atoms with van der Waals surface area (Å²) in [4.78, 5) is 12.3. The number of nitrogens with zero attached hydrogens (tertiary/aromatic N) is 1. The van der Waals surface area contributed by atoms with E-state index in [0.29, 0.717) is 22.9 Å². The predicted molar refractivity (Wildman–Crippen MR) is 110 cm³/mol. The summed E-state index contributed by atoms with van der Waals surface area (Å²) < 4.78 is 17.5. The third kappa shape index (κ3) is 3.70. The average molecular weight is 439 g/mol. The Hall–Kier alpha value is -3.32. The van der Waals surface area contributed by atoms with Crippen molar-refractivity contribution in [1.82, 2.24) is 5.43 Å². The number of para-hydroxylation sites is 1. The summed E-state index contributed by atoms with van der Waals surface area (Å²) in [6.45, 7) is 0. The Morgan fingerprint density at radius 1 is 1.11 bits per heavy atom. The quantitative estimate of drug-likeness (QED) is 0.341. The van der Waals surface area contributed by atoms with E-state index in [0.717, 1.165) is 15.4 Å². The zero-order valence-electron chi connectivity index (χ0n) is 14.8. The van der Waals surface area contributed by atoms with E-state index in [1.54, 1.807) is 25.3 Å². The fourth-order valence-electron chi connectivity index (χ4n) is 2.71. The fourth-order valence-corrected chi connectivity index (χ4v) is 2.97. The molecule has 4 aromatic rings. The number of fused-ring (bicyclic) bond motifs is 1. The molecule has 2 aromatic heterocycles. The van der Waals surface area contributed by atoms with Gasteiger partial charge in [0.2, 0.25) is 0 Å². The highest BCUT2D eigenvalue weighted by Crippen LogP contribution is 2.28. The Bertz CT molecular complexity index is 1160. The molecule has 28 heavy (non-hydrogen) atoms. The zero-order valence-corrected chi connectivity index (χ0v) is 16.4. The minimum absolute atomic E-state index is 0.145. The molecular weight excluding hydrogens is 424 g/mol. The average Bonchev–Trinajstić information content (AvgIpc) is 3.35. The summed E-state index contributed by atoms with van der Waals surface area (Å²) in [5.41, 5.74) is 3.90. The van der Waals surface area contributed by atoms with Gasteiger partial charge in [-0.3, -0.25) is 4.79 Å². The minimum Gasteiger partial charge on any atom is -0.493 e. The smallest absolute Gasteiger partial charge is 0.307 e. The molecule has 0 saturated heterocycles. The van der Waals surface area contributed by atoms with Crippen molar-refractivity contribution in [3.8, 4) is 17.1 Å². The maximum absolute atomic E-state index is 12.3. The Morgan fingerprint density at radius 3 is 2.71 bits per heavy atom. The van der Waals surface area contributed by atoms with Crippen LogP contribution >= 0.6 is 15.9 Å². The lowest BCUT2D eigenvalue weighted by molar-refractivity contribution is 0.0929. The van der Waals surface area contributed by atoms with Gasteiger partial charge in [-0.05, 0) is 36.4 Å². The topological polar surface area (TPSA) is 77.0 Å².